The van der Waals surface area contributed by atoms with E-state index < -0.39 is 98.2 Å². The molecule has 0 bridgehead atoms. The van der Waals surface area contributed by atoms with Gasteiger partial charge in [0, 0.05) is 5.92 Å². The van der Waals surface area contributed by atoms with Gasteiger partial charge in [0.05, 0.1) is 24.6 Å². The lowest BCUT2D eigenvalue weighted by atomic mass is 9.56. The second-order valence-electron chi connectivity index (χ2n) is 12.7. The molecule has 260 valence electrons. The zero-order chi connectivity index (χ0) is 36.2. The molecule has 1 saturated carbocycles. The molecule has 2 heterocycles. The molecule has 3 fully saturated rings. The molecule has 2 saturated heterocycles. The van der Waals surface area contributed by atoms with Crippen molar-refractivity contribution in [2.45, 2.75) is 41.9 Å². The molecule has 3 aromatic rings. The Kier molecular flexibility index (Phi) is 7.83. The van der Waals surface area contributed by atoms with Gasteiger partial charge in [-0.25, -0.2) is 26.9 Å². The average molecular weight is 735 g/mol. The highest BCUT2D eigenvalue weighted by atomic mass is 35.5. The Balaban J connectivity index is 1.42. The molecule has 8 nitrogen and oxygen atoms in total. The summed E-state index contributed by atoms with van der Waals surface area (Å²) in [4.78, 5) is 52.1. The number of alkyl halides is 2. The van der Waals surface area contributed by atoms with Gasteiger partial charge in [0.2, 0.25) is 17.6 Å². The van der Waals surface area contributed by atoms with Crippen molar-refractivity contribution in [1.82, 2.24) is 0 Å². The molecule has 1 N–H and O–H groups in total. The topological polar surface area (TPSA) is 104 Å². The lowest BCUT2D eigenvalue weighted by Gasteiger charge is -2.50. The number of aromatic hydroxyl groups is 1. The summed E-state index contributed by atoms with van der Waals surface area (Å²) in [6, 6.07) is 10.6. The highest BCUT2D eigenvalue weighted by Gasteiger charge is 2.77. The smallest absolute Gasteiger partial charge is 0.258 e. The normalized spacial score (nSPS) is 28.9. The monoisotopic (exact) mass is 734 g/mol. The zero-order valence-corrected chi connectivity index (χ0v) is 27.6. The number of carbonyl (C=O) groups excluding carboxylic acids is 4. The van der Waals surface area contributed by atoms with Crippen molar-refractivity contribution in [1.29, 1.82) is 0 Å². The maximum atomic E-state index is 15.2. The zero-order valence-electron chi connectivity index (χ0n) is 26.1. The Morgan fingerprint density at radius 3 is 2.06 bits per heavy atom. The number of carbonyl (C=O) groups is 4. The number of fused-ring (bicyclic) bond motifs is 4. The second kappa shape index (κ2) is 11.5. The largest absolute Gasteiger partial charge is 0.504 e. The fourth-order valence-electron chi connectivity index (χ4n) is 7.95. The van der Waals surface area contributed by atoms with E-state index in [9.17, 15) is 37.5 Å². The molecule has 3 aromatic carbocycles. The molecule has 0 spiro atoms. The Hall–Kier alpha value is -4.49. The van der Waals surface area contributed by atoms with Gasteiger partial charge in [0.1, 0.15) is 5.69 Å². The molecule has 50 heavy (non-hydrogen) atoms. The van der Waals surface area contributed by atoms with Crippen molar-refractivity contribution in [3.63, 3.8) is 0 Å². The number of ether oxygens (including phenoxy) is 1. The van der Waals surface area contributed by atoms with Crippen LogP contribution in [0.25, 0.3) is 0 Å². The van der Waals surface area contributed by atoms with E-state index in [0.717, 1.165) is 10.5 Å². The number of rotatable bonds is 5. The standard InChI is InChI=1S/C35H25Cl2F5N2O6/c1-3-14-4-7-16(8-5-14)43-30(46)18-10-9-17-19(22(18)31(43)47)13-34(36)32(48)44(29-27(41)25(39)24(38)26(40)28(29)42)33(49)35(34,37)23(17)15-6-11-20(45)21(12-15)50-2/h4-9,11-12,18-19,22-23,45H,3,10,13H2,1-2H3/t18-,19+,22-,23-,34+,35-/m0/s1. The summed E-state index contributed by atoms with van der Waals surface area (Å²) in [6.07, 6.45) is 1.65. The Labute approximate surface area is 291 Å². The molecule has 0 radical (unpaired) electrons. The molecule has 4 amide bonds. The predicted octanol–water partition coefficient (Wildman–Crippen LogP) is 6.43. The summed E-state index contributed by atoms with van der Waals surface area (Å²) in [5.41, 5.74) is -0.232. The van der Waals surface area contributed by atoms with Gasteiger partial charge in [-0.05, 0) is 60.6 Å². The van der Waals surface area contributed by atoms with E-state index in [1.165, 1.54) is 25.3 Å². The summed E-state index contributed by atoms with van der Waals surface area (Å²) in [7, 11) is 1.23. The van der Waals surface area contributed by atoms with Gasteiger partial charge in [-0.15, -0.1) is 23.2 Å². The van der Waals surface area contributed by atoms with E-state index in [1.807, 2.05) is 6.92 Å². The third-order valence-electron chi connectivity index (χ3n) is 10.4. The van der Waals surface area contributed by atoms with Gasteiger partial charge in [0.25, 0.3) is 11.8 Å². The fourth-order valence-corrected chi connectivity index (χ4v) is 8.88. The highest BCUT2D eigenvalue weighted by molar-refractivity contribution is 6.58. The minimum absolute atomic E-state index is 0.0118. The molecule has 2 aliphatic heterocycles. The maximum absolute atomic E-state index is 15.2. The van der Waals surface area contributed by atoms with Gasteiger partial charge in [-0.3, -0.25) is 24.1 Å². The van der Waals surface area contributed by atoms with Crippen LogP contribution in [0.5, 0.6) is 11.5 Å². The van der Waals surface area contributed by atoms with Crippen LogP contribution in [0.2, 0.25) is 0 Å². The van der Waals surface area contributed by atoms with Gasteiger partial charge >= 0.3 is 0 Å². The number of allylic oxidation sites excluding steroid dienone is 2. The number of imide groups is 2. The highest BCUT2D eigenvalue weighted by Crippen LogP contribution is 2.66. The molecule has 6 atom stereocenters. The molecule has 0 unspecified atom stereocenters. The van der Waals surface area contributed by atoms with E-state index in [4.69, 9.17) is 27.9 Å². The number of amides is 4. The van der Waals surface area contributed by atoms with Crippen LogP contribution in [0.15, 0.2) is 54.1 Å². The van der Waals surface area contributed by atoms with E-state index in [-0.39, 0.29) is 34.0 Å². The number of phenols is 1. The van der Waals surface area contributed by atoms with Crippen LogP contribution in [0.1, 0.15) is 36.8 Å². The number of benzene rings is 3. The lowest BCUT2D eigenvalue weighted by molar-refractivity contribution is -0.125. The number of methoxy groups -OCH3 is 1. The quantitative estimate of drug-likeness (QED) is 0.0810. The molecular weight excluding hydrogens is 710 g/mol. The molecule has 0 aromatic heterocycles. The first-order valence-electron chi connectivity index (χ1n) is 15.5. The minimum atomic E-state index is -2.69. The van der Waals surface area contributed by atoms with Crippen LogP contribution in [0.3, 0.4) is 0 Å². The van der Waals surface area contributed by atoms with Crippen molar-refractivity contribution >= 4 is 58.2 Å². The summed E-state index contributed by atoms with van der Waals surface area (Å²) in [6.45, 7) is 1.94. The number of nitrogens with zero attached hydrogens (tertiary/aromatic N) is 2. The molecule has 15 heteroatoms. The number of hydrogen-bond donors (Lipinski definition) is 1. The first-order valence-corrected chi connectivity index (χ1v) is 16.2. The number of halogens is 7. The van der Waals surface area contributed by atoms with Crippen molar-refractivity contribution < 1.29 is 51.0 Å². The summed E-state index contributed by atoms with van der Waals surface area (Å²) in [5.74, 6) is -21.7. The summed E-state index contributed by atoms with van der Waals surface area (Å²) < 4.78 is 78.5. The average Bonchev–Trinajstić information content (AvgIpc) is 3.45. The molecule has 4 aliphatic rings. The first-order chi connectivity index (χ1) is 23.6. The maximum Gasteiger partial charge on any atom is 0.258 e. The van der Waals surface area contributed by atoms with Crippen molar-refractivity contribution in [2.75, 3.05) is 16.9 Å². The Morgan fingerprint density at radius 1 is 0.840 bits per heavy atom. The van der Waals surface area contributed by atoms with Gasteiger partial charge < -0.3 is 9.84 Å². The van der Waals surface area contributed by atoms with Crippen molar-refractivity contribution in [2.24, 2.45) is 17.8 Å². The van der Waals surface area contributed by atoms with Crippen molar-refractivity contribution in [3.8, 4) is 11.5 Å². The van der Waals surface area contributed by atoms with E-state index in [1.54, 1.807) is 30.3 Å². The number of anilines is 2. The fraction of sp³-hybridized carbons (Fsp3) is 0.314. The molecule has 7 rings (SSSR count). The lowest BCUT2D eigenvalue weighted by Crippen LogP contribution is -2.60. The minimum Gasteiger partial charge on any atom is -0.504 e. The van der Waals surface area contributed by atoms with Gasteiger partial charge in [-0.1, -0.05) is 36.8 Å². The summed E-state index contributed by atoms with van der Waals surface area (Å²) >= 11 is 14.3. The van der Waals surface area contributed by atoms with Crippen LogP contribution < -0.4 is 14.5 Å². The van der Waals surface area contributed by atoms with Gasteiger partial charge in [0.15, 0.2) is 44.5 Å². The number of hydrogen-bond acceptors (Lipinski definition) is 6. The Bertz CT molecular complexity index is 2050. The van der Waals surface area contributed by atoms with E-state index >= 15 is 8.78 Å². The molecular formula is C35H25Cl2F5N2O6. The number of aryl methyl sites for hydroxylation is 1. The van der Waals surface area contributed by atoms with Gasteiger partial charge in [-0.2, -0.15) is 0 Å². The SMILES string of the molecule is CCc1ccc(N2C(=O)[C@H]3[C@H](CC=C4[C@H]3C[C@@]3(Cl)C(=O)N(c5c(F)c(F)c(F)c(F)c5F)C(=O)[C@@]3(Cl)[C@H]4c3ccc(O)c(OC)c3)C2=O)cc1. The van der Waals surface area contributed by atoms with Crippen LogP contribution in [-0.2, 0) is 25.6 Å². The molecule has 2 aliphatic carbocycles. The predicted molar refractivity (Wildman–Crippen MR) is 169 cm³/mol. The first kappa shape index (κ1) is 34.0. The number of phenolic OH excluding ortho intramolecular Hbond substituents is 1. The summed E-state index contributed by atoms with van der Waals surface area (Å²) in [5, 5.41) is 10.3. The van der Waals surface area contributed by atoms with E-state index in [2.05, 4.69) is 0 Å². The van der Waals surface area contributed by atoms with Crippen LogP contribution in [0.4, 0.5) is 33.3 Å². The third-order valence-corrected chi connectivity index (χ3v) is 11.8. The van der Waals surface area contributed by atoms with Crippen LogP contribution in [0, 0.1) is 46.8 Å². The van der Waals surface area contributed by atoms with Crippen molar-refractivity contribution in [3.05, 3.63) is 94.3 Å². The third kappa shape index (κ3) is 4.28. The second-order valence-corrected chi connectivity index (χ2v) is 13.9. The Morgan fingerprint density at radius 2 is 1.46 bits per heavy atom. The van der Waals surface area contributed by atoms with Crippen LogP contribution >= 0.6 is 23.2 Å². The van der Waals surface area contributed by atoms with Crippen LogP contribution in [-0.4, -0.2) is 45.6 Å². The van der Waals surface area contributed by atoms with E-state index in [0.29, 0.717) is 12.1 Å².